The van der Waals surface area contributed by atoms with Crippen molar-refractivity contribution in [1.29, 1.82) is 0 Å². The van der Waals surface area contributed by atoms with Gasteiger partial charge in [-0.05, 0) is 19.4 Å². The molecule has 0 aliphatic carbocycles. The number of likely N-dealkylation sites (N-methyl/N-ethyl adjacent to an activating group) is 1. The first-order valence-electron chi connectivity index (χ1n) is 7.93. The number of carbonyl (C=O) groups is 1. The summed E-state index contributed by atoms with van der Waals surface area (Å²) in [7, 11) is 7.60. The summed E-state index contributed by atoms with van der Waals surface area (Å²) in [4.78, 5) is 27.0. The van der Waals surface area contributed by atoms with Crippen LogP contribution in [0.1, 0.15) is 5.69 Å². The van der Waals surface area contributed by atoms with Crippen LogP contribution in [-0.4, -0.2) is 86.7 Å². The smallest absolute Gasteiger partial charge is 0.248 e. The molecular weight excluding hydrogens is 294 g/mol. The Bertz CT molecular complexity index is 523. The van der Waals surface area contributed by atoms with E-state index in [1.807, 2.05) is 30.0 Å². The van der Waals surface area contributed by atoms with Crippen molar-refractivity contribution in [2.75, 3.05) is 65.9 Å². The zero-order chi connectivity index (χ0) is 16.8. The Morgan fingerprint density at radius 2 is 2.13 bits per heavy atom. The van der Waals surface area contributed by atoms with Crippen molar-refractivity contribution in [3.8, 4) is 0 Å². The van der Waals surface area contributed by atoms with Gasteiger partial charge in [0.25, 0.3) is 0 Å². The second-order valence-corrected chi connectivity index (χ2v) is 6.37. The SMILES string of the molecule is COCC(=O)N1CCN(C)C[C@H](Cc2cc(N(C)C)ncn2)C1. The van der Waals surface area contributed by atoms with Crippen molar-refractivity contribution in [2.24, 2.45) is 5.92 Å². The summed E-state index contributed by atoms with van der Waals surface area (Å²) < 4.78 is 4.99. The van der Waals surface area contributed by atoms with E-state index in [0.29, 0.717) is 5.92 Å². The standard InChI is InChI=1S/C16H27N5O2/c1-19(2)15-8-14(17-12-18-15)7-13-9-20(3)5-6-21(10-13)16(22)11-23-4/h8,12-13H,5-7,9-11H2,1-4H3/t13-/m0/s1. The van der Waals surface area contributed by atoms with E-state index in [4.69, 9.17) is 4.74 Å². The van der Waals surface area contributed by atoms with E-state index in [9.17, 15) is 4.79 Å². The van der Waals surface area contributed by atoms with Crippen LogP contribution in [0.2, 0.25) is 0 Å². The van der Waals surface area contributed by atoms with Gasteiger partial charge in [-0.1, -0.05) is 0 Å². The Morgan fingerprint density at radius 1 is 1.35 bits per heavy atom. The highest BCUT2D eigenvalue weighted by Gasteiger charge is 2.24. The summed E-state index contributed by atoms with van der Waals surface area (Å²) in [5.41, 5.74) is 1.02. The zero-order valence-electron chi connectivity index (χ0n) is 14.5. The van der Waals surface area contributed by atoms with Gasteiger partial charge in [0.1, 0.15) is 18.8 Å². The molecule has 0 saturated carbocycles. The second-order valence-electron chi connectivity index (χ2n) is 6.37. The number of rotatable bonds is 5. The van der Waals surface area contributed by atoms with E-state index in [1.165, 1.54) is 0 Å². The molecule has 1 saturated heterocycles. The normalized spacial score (nSPS) is 19.5. The lowest BCUT2D eigenvalue weighted by Gasteiger charge is -2.24. The summed E-state index contributed by atoms with van der Waals surface area (Å²) in [6.07, 6.45) is 2.45. The van der Waals surface area contributed by atoms with Crippen LogP contribution in [-0.2, 0) is 16.0 Å². The van der Waals surface area contributed by atoms with Gasteiger partial charge >= 0.3 is 0 Å². The number of anilines is 1. The van der Waals surface area contributed by atoms with E-state index in [2.05, 4.69) is 21.9 Å². The van der Waals surface area contributed by atoms with E-state index in [-0.39, 0.29) is 12.5 Å². The number of methoxy groups -OCH3 is 1. The molecule has 1 aliphatic rings. The first kappa shape index (κ1) is 17.6. The van der Waals surface area contributed by atoms with Crippen LogP contribution in [0.4, 0.5) is 5.82 Å². The Morgan fingerprint density at radius 3 is 2.83 bits per heavy atom. The first-order chi connectivity index (χ1) is 11.0. The molecule has 2 heterocycles. The predicted molar refractivity (Wildman–Crippen MR) is 89.5 cm³/mol. The molecular formula is C16H27N5O2. The zero-order valence-corrected chi connectivity index (χ0v) is 14.5. The van der Waals surface area contributed by atoms with E-state index < -0.39 is 0 Å². The monoisotopic (exact) mass is 321 g/mol. The van der Waals surface area contributed by atoms with Gasteiger partial charge in [-0.15, -0.1) is 0 Å². The number of aromatic nitrogens is 2. The van der Waals surface area contributed by atoms with Gasteiger partial charge < -0.3 is 19.4 Å². The van der Waals surface area contributed by atoms with Crippen LogP contribution in [0.25, 0.3) is 0 Å². The number of amides is 1. The molecule has 0 unspecified atom stereocenters. The van der Waals surface area contributed by atoms with Gasteiger partial charge in [0.2, 0.25) is 5.91 Å². The fraction of sp³-hybridized carbons (Fsp3) is 0.688. The van der Waals surface area contributed by atoms with Crippen molar-refractivity contribution < 1.29 is 9.53 Å². The van der Waals surface area contributed by atoms with Crippen LogP contribution < -0.4 is 4.90 Å². The molecule has 2 rings (SSSR count). The van der Waals surface area contributed by atoms with Crippen molar-refractivity contribution in [2.45, 2.75) is 6.42 Å². The topological polar surface area (TPSA) is 61.8 Å². The molecule has 0 bridgehead atoms. The number of hydrogen-bond donors (Lipinski definition) is 0. The molecule has 1 aliphatic heterocycles. The quantitative estimate of drug-likeness (QED) is 0.768. The highest BCUT2D eigenvalue weighted by atomic mass is 16.5. The Balaban J connectivity index is 2.07. The lowest BCUT2D eigenvalue weighted by Crippen LogP contribution is -2.38. The molecule has 7 heteroatoms. The number of nitrogens with zero attached hydrogens (tertiary/aromatic N) is 5. The molecule has 0 aromatic carbocycles. The number of carbonyl (C=O) groups excluding carboxylic acids is 1. The lowest BCUT2D eigenvalue weighted by molar-refractivity contribution is -0.135. The van der Waals surface area contributed by atoms with Gasteiger partial charge in [0, 0.05) is 59.1 Å². The minimum Gasteiger partial charge on any atom is -0.375 e. The van der Waals surface area contributed by atoms with Crippen LogP contribution in [0.3, 0.4) is 0 Å². The third-order valence-electron chi connectivity index (χ3n) is 4.09. The summed E-state index contributed by atoms with van der Waals surface area (Å²) >= 11 is 0. The third-order valence-corrected chi connectivity index (χ3v) is 4.09. The third kappa shape index (κ3) is 5.14. The molecule has 1 aromatic rings. The van der Waals surface area contributed by atoms with Gasteiger partial charge in [-0.2, -0.15) is 0 Å². The van der Waals surface area contributed by atoms with Crippen molar-refractivity contribution >= 4 is 11.7 Å². The maximum absolute atomic E-state index is 12.1. The van der Waals surface area contributed by atoms with E-state index >= 15 is 0 Å². The van der Waals surface area contributed by atoms with Crippen LogP contribution in [0.5, 0.6) is 0 Å². The molecule has 23 heavy (non-hydrogen) atoms. The van der Waals surface area contributed by atoms with Gasteiger partial charge in [0.15, 0.2) is 0 Å². The summed E-state index contributed by atoms with van der Waals surface area (Å²) in [5.74, 6) is 1.32. The Hall–Kier alpha value is -1.73. The average molecular weight is 321 g/mol. The molecule has 128 valence electrons. The predicted octanol–water partition coefficient (Wildman–Crippen LogP) is 0.122. The minimum absolute atomic E-state index is 0.0597. The minimum atomic E-state index is 0.0597. The maximum Gasteiger partial charge on any atom is 0.248 e. The molecule has 1 atom stereocenters. The maximum atomic E-state index is 12.1. The van der Waals surface area contributed by atoms with Gasteiger partial charge in [0.05, 0.1) is 0 Å². The molecule has 1 fully saturated rings. The fourth-order valence-corrected chi connectivity index (χ4v) is 2.89. The molecule has 1 amide bonds. The Kier molecular flexibility index (Phi) is 6.29. The molecule has 0 N–H and O–H groups in total. The highest BCUT2D eigenvalue weighted by molar-refractivity contribution is 5.77. The average Bonchev–Trinajstić information content (AvgIpc) is 2.69. The highest BCUT2D eigenvalue weighted by Crippen LogP contribution is 2.16. The molecule has 1 aromatic heterocycles. The fourth-order valence-electron chi connectivity index (χ4n) is 2.89. The van der Waals surface area contributed by atoms with Crippen LogP contribution in [0.15, 0.2) is 12.4 Å². The van der Waals surface area contributed by atoms with Gasteiger partial charge in [-0.3, -0.25) is 4.79 Å². The van der Waals surface area contributed by atoms with E-state index in [1.54, 1.807) is 13.4 Å². The number of ether oxygens (including phenoxy) is 1. The largest absolute Gasteiger partial charge is 0.375 e. The van der Waals surface area contributed by atoms with Gasteiger partial charge in [-0.25, -0.2) is 9.97 Å². The number of hydrogen-bond acceptors (Lipinski definition) is 6. The lowest BCUT2D eigenvalue weighted by atomic mass is 10.0. The van der Waals surface area contributed by atoms with Crippen molar-refractivity contribution in [3.05, 3.63) is 18.1 Å². The van der Waals surface area contributed by atoms with E-state index in [0.717, 1.165) is 44.1 Å². The second kappa shape index (κ2) is 8.21. The first-order valence-corrected chi connectivity index (χ1v) is 7.93. The Labute approximate surface area is 138 Å². The molecule has 0 radical (unpaired) electrons. The van der Waals surface area contributed by atoms with Crippen molar-refractivity contribution in [1.82, 2.24) is 19.8 Å². The summed E-state index contributed by atoms with van der Waals surface area (Å²) in [5, 5.41) is 0. The molecule has 7 nitrogen and oxygen atoms in total. The van der Waals surface area contributed by atoms with Crippen LogP contribution >= 0.6 is 0 Å². The summed E-state index contributed by atoms with van der Waals surface area (Å²) in [6, 6.07) is 2.02. The van der Waals surface area contributed by atoms with Crippen LogP contribution in [0, 0.1) is 5.92 Å². The van der Waals surface area contributed by atoms with Crippen molar-refractivity contribution in [3.63, 3.8) is 0 Å². The summed E-state index contributed by atoms with van der Waals surface area (Å²) in [6.45, 7) is 3.49. The molecule has 0 spiro atoms.